The van der Waals surface area contributed by atoms with Crippen molar-refractivity contribution in [3.8, 4) is 0 Å². The number of rotatable bonds is 5. The van der Waals surface area contributed by atoms with Crippen molar-refractivity contribution in [1.82, 2.24) is 19.7 Å². The monoisotopic (exact) mass is 580 g/mol. The molecule has 220 valence electrons. The number of amides is 1. The van der Waals surface area contributed by atoms with E-state index in [1.54, 1.807) is 0 Å². The second-order valence-corrected chi connectivity index (χ2v) is 11.1. The Balaban J connectivity index is 1.53. The molecule has 7 nitrogen and oxygen atoms in total. The van der Waals surface area contributed by atoms with Gasteiger partial charge in [0.2, 0.25) is 11.5 Å². The molecule has 0 aliphatic carbocycles. The van der Waals surface area contributed by atoms with Gasteiger partial charge in [-0.05, 0) is 63.2 Å². The number of likely N-dealkylation sites (N-methyl/N-ethyl adjacent to an activating group) is 1. The molecule has 5 rings (SSSR count). The van der Waals surface area contributed by atoms with Crippen LogP contribution >= 0.6 is 0 Å². The molecule has 0 spiro atoms. The molecule has 1 saturated heterocycles. The fraction of sp³-hybridized carbons (Fsp3) is 0.464. The first-order valence-corrected chi connectivity index (χ1v) is 13.1. The first-order chi connectivity index (χ1) is 19.0. The van der Waals surface area contributed by atoms with Crippen molar-refractivity contribution in [2.45, 2.75) is 57.2 Å². The average molecular weight is 581 g/mol. The van der Waals surface area contributed by atoms with Gasteiger partial charge in [-0.1, -0.05) is 12.1 Å². The van der Waals surface area contributed by atoms with Crippen LogP contribution in [-0.2, 0) is 31.4 Å². The Labute approximate surface area is 233 Å². The summed E-state index contributed by atoms with van der Waals surface area (Å²) >= 11 is 0. The number of benzene rings is 2. The number of halogens is 6. The highest BCUT2D eigenvalue weighted by Gasteiger charge is 2.57. The third kappa shape index (κ3) is 4.73. The molecule has 3 heterocycles. The van der Waals surface area contributed by atoms with E-state index in [2.05, 4.69) is 15.1 Å². The van der Waals surface area contributed by atoms with E-state index >= 15 is 13.2 Å². The molecule has 2 aromatic carbocycles. The molecule has 41 heavy (non-hydrogen) atoms. The van der Waals surface area contributed by atoms with Crippen molar-refractivity contribution in [3.63, 3.8) is 0 Å². The molecular formula is C28H30F6N6O. The van der Waals surface area contributed by atoms with Crippen LogP contribution < -0.4 is 9.80 Å². The van der Waals surface area contributed by atoms with Gasteiger partial charge in [-0.3, -0.25) is 9.69 Å². The first-order valence-electron chi connectivity index (χ1n) is 13.1. The minimum Gasteiger partial charge on any atom is -0.366 e. The van der Waals surface area contributed by atoms with E-state index in [1.807, 2.05) is 25.8 Å². The van der Waals surface area contributed by atoms with Gasteiger partial charge >= 0.3 is 12.1 Å². The highest BCUT2D eigenvalue weighted by atomic mass is 19.4. The van der Waals surface area contributed by atoms with Crippen LogP contribution in [0.4, 0.5) is 37.7 Å². The summed E-state index contributed by atoms with van der Waals surface area (Å²) in [5.41, 5.74) is -4.73. The van der Waals surface area contributed by atoms with Gasteiger partial charge in [0.15, 0.2) is 0 Å². The van der Waals surface area contributed by atoms with Gasteiger partial charge in [0.1, 0.15) is 6.33 Å². The SMILES string of the molecule is C[C@H]1CN(c2cc3c(c(C(F)(F)F)c2)CN(c2cccc([C@@](C)(F)C(F)(F)c4nncn4C)c2)C3=O)[C@@H](C)CN1C. The van der Waals surface area contributed by atoms with E-state index in [-0.39, 0.29) is 34.6 Å². The first kappa shape index (κ1) is 28.9. The van der Waals surface area contributed by atoms with Crippen molar-refractivity contribution >= 4 is 17.3 Å². The summed E-state index contributed by atoms with van der Waals surface area (Å²) < 4.78 is 90.2. The van der Waals surface area contributed by atoms with Crippen molar-refractivity contribution in [1.29, 1.82) is 0 Å². The quantitative estimate of drug-likeness (QED) is 0.373. The Hall–Kier alpha value is -3.61. The highest BCUT2D eigenvalue weighted by Crippen LogP contribution is 2.48. The average Bonchev–Trinajstić information content (AvgIpc) is 3.48. The largest absolute Gasteiger partial charge is 0.416 e. The predicted octanol–water partition coefficient (Wildman–Crippen LogP) is 5.50. The van der Waals surface area contributed by atoms with Crippen LogP contribution in [0.2, 0.25) is 0 Å². The molecular weight excluding hydrogens is 550 g/mol. The lowest BCUT2D eigenvalue weighted by Crippen LogP contribution is -2.55. The number of hydrogen-bond donors (Lipinski definition) is 0. The van der Waals surface area contributed by atoms with Gasteiger partial charge in [-0.2, -0.15) is 22.0 Å². The standard InChI is InChI=1S/C28H30F6N6O/c1-16-13-39(17(2)12-37(16)4)20-10-21-22(23(11-20)28(32,33)34)14-40(24(21)41)19-8-6-7-18(9-19)26(3,29)27(30,31)25-36-35-15-38(25)5/h6-11,15-17H,12-14H2,1-5H3/t16-,17-,26+/m0/s1. The maximum atomic E-state index is 15.9. The van der Waals surface area contributed by atoms with Crippen LogP contribution in [0.1, 0.15) is 53.6 Å². The molecule has 0 saturated carbocycles. The normalized spacial score (nSPS) is 21.8. The number of alkyl halides is 6. The lowest BCUT2D eigenvalue weighted by Gasteiger charge is -2.44. The smallest absolute Gasteiger partial charge is 0.366 e. The summed E-state index contributed by atoms with van der Waals surface area (Å²) in [6.07, 6.45) is -3.72. The Morgan fingerprint density at radius 3 is 2.27 bits per heavy atom. The summed E-state index contributed by atoms with van der Waals surface area (Å²) in [5.74, 6) is -5.73. The summed E-state index contributed by atoms with van der Waals surface area (Å²) in [7, 11) is 3.20. The third-order valence-corrected chi connectivity index (χ3v) is 8.24. The molecule has 0 bridgehead atoms. The molecule has 2 aliphatic rings. The number of anilines is 2. The highest BCUT2D eigenvalue weighted by molar-refractivity contribution is 6.11. The maximum Gasteiger partial charge on any atom is 0.416 e. The molecule has 1 aromatic heterocycles. The van der Waals surface area contributed by atoms with Crippen molar-refractivity contribution in [3.05, 3.63) is 70.8 Å². The minimum absolute atomic E-state index is 0.00222. The number of hydrogen-bond acceptors (Lipinski definition) is 5. The van der Waals surface area contributed by atoms with E-state index in [0.717, 1.165) is 34.0 Å². The van der Waals surface area contributed by atoms with Gasteiger partial charge in [-0.15, -0.1) is 10.2 Å². The van der Waals surface area contributed by atoms with E-state index < -0.39 is 47.2 Å². The molecule has 3 aromatic rings. The summed E-state index contributed by atoms with van der Waals surface area (Å²) in [4.78, 5) is 18.6. The van der Waals surface area contributed by atoms with Crippen LogP contribution in [-0.4, -0.2) is 57.8 Å². The third-order valence-electron chi connectivity index (χ3n) is 8.24. The number of piperazine rings is 1. The fourth-order valence-corrected chi connectivity index (χ4v) is 5.60. The van der Waals surface area contributed by atoms with E-state index in [0.29, 0.717) is 20.0 Å². The number of carbonyl (C=O) groups is 1. The van der Waals surface area contributed by atoms with Crippen LogP contribution in [0.15, 0.2) is 42.7 Å². The van der Waals surface area contributed by atoms with Gasteiger partial charge in [-0.25, -0.2) is 4.39 Å². The second kappa shape index (κ2) is 9.74. The Bertz CT molecular complexity index is 1480. The van der Waals surface area contributed by atoms with Gasteiger partial charge < -0.3 is 14.4 Å². The van der Waals surface area contributed by atoms with Crippen LogP contribution in [0.5, 0.6) is 0 Å². The lowest BCUT2D eigenvalue weighted by molar-refractivity contribution is -0.149. The zero-order valence-electron chi connectivity index (χ0n) is 23.2. The van der Waals surface area contributed by atoms with Gasteiger partial charge in [0.25, 0.3) is 5.91 Å². The lowest BCUT2D eigenvalue weighted by atomic mass is 9.90. The maximum absolute atomic E-state index is 15.9. The number of nitrogens with zero attached hydrogens (tertiary/aromatic N) is 6. The Kier molecular flexibility index (Phi) is 6.87. The number of fused-ring (bicyclic) bond motifs is 1. The number of aryl methyl sites for hydroxylation is 1. The minimum atomic E-state index is -4.74. The van der Waals surface area contributed by atoms with Crippen molar-refractivity contribution in [2.24, 2.45) is 7.05 Å². The Morgan fingerprint density at radius 2 is 1.63 bits per heavy atom. The topological polar surface area (TPSA) is 57.5 Å². The van der Waals surface area contributed by atoms with Gasteiger partial charge in [0, 0.05) is 49.2 Å². The molecule has 1 amide bonds. The Morgan fingerprint density at radius 1 is 0.927 bits per heavy atom. The van der Waals surface area contributed by atoms with E-state index in [1.165, 1.54) is 25.2 Å². The summed E-state index contributed by atoms with van der Waals surface area (Å²) in [5, 5.41) is 6.76. The van der Waals surface area contributed by atoms with Crippen molar-refractivity contribution < 1.29 is 31.1 Å². The van der Waals surface area contributed by atoms with Crippen LogP contribution in [0, 0.1) is 0 Å². The molecule has 0 unspecified atom stereocenters. The fourth-order valence-electron chi connectivity index (χ4n) is 5.60. The molecule has 3 atom stereocenters. The molecule has 2 aliphatic heterocycles. The number of aromatic nitrogens is 3. The number of carbonyl (C=O) groups excluding carboxylic acids is 1. The van der Waals surface area contributed by atoms with Gasteiger partial charge in [0.05, 0.1) is 12.1 Å². The van der Waals surface area contributed by atoms with Crippen LogP contribution in [0.3, 0.4) is 0 Å². The second-order valence-electron chi connectivity index (χ2n) is 11.1. The predicted molar refractivity (Wildman–Crippen MR) is 141 cm³/mol. The summed E-state index contributed by atoms with van der Waals surface area (Å²) in [6.45, 7) is 5.24. The van der Waals surface area contributed by atoms with Crippen LogP contribution in [0.25, 0.3) is 0 Å². The van der Waals surface area contributed by atoms with Crippen molar-refractivity contribution in [2.75, 3.05) is 29.9 Å². The molecule has 0 radical (unpaired) electrons. The van der Waals surface area contributed by atoms with E-state index in [4.69, 9.17) is 0 Å². The zero-order valence-corrected chi connectivity index (χ0v) is 23.2. The van der Waals surface area contributed by atoms with E-state index in [9.17, 15) is 18.0 Å². The molecule has 1 fully saturated rings. The molecule has 0 N–H and O–H groups in total. The molecule has 13 heteroatoms. The summed E-state index contributed by atoms with van der Waals surface area (Å²) in [6, 6.07) is 7.38. The zero-order chi connectivity index (χ0) is 30.1.